The van der Waals surface area contributed by atoms with E-state index in [1.54, 1.807) is 23.2 Å². The van der Waals surface area contributed by atoms with Crippen molar-refractivity contribution in [1.82, 2.24) is 19.1 Å². The standard InChI is InChI=1S/C7H9N5OS.Li/c1-11-3-4(12(2)7(11)14)9-6(8)10-5(3)13;/h1-2H3,(H3,8,9,10,13);/q;+1/p-1. The van der Waals surface area contributed by atoms with Crippen LogP contribution < -0.4 is 24.4 Å². The minimum atomic E-state index is -0.339. The average Bonchev–Trinajstić information content (AvgIpc) is 2.31. The van der Waals surface area contributed by atoms with E-state index in [-0.39, 0.29) is 30.4 Å². The molecule has 6 nitrogen and oxygen atoms in total. The first-order chi connectivity index (χ1) is 6.52. The maximum Gasteiger partial charge on any atom is 1.00 e. The second-order valence-corrected chi connectivity index (χ2v) is 3.35. The minimum absolute atomic E-state index is 0. The first kappa shape index (κ1) is 12.0. The fourth-order valence-electron chi connectivity index (χ4n) is 1.40. The Morgan fingerprint density at radius 2 is 2.00 bits per heavy atom. The number of imidazole rings is 1. The Hall–Kier alpha value is -1.03. The van der Waals surface area contributed by atoms with E-state index in [9.17, 15) is 4.79 Å². The molecular formula is C7H8LiN5OS. The van der Waals surface area contributed by atoms with Crippen molar-refractivity contribution in [2.75, 3.05) is 0 Å². The molecule has 0 bridgehead atoms. The Morgan fingerprint density at radius 1 is 1.40 bits per heavy atom. The van der Waals surface area contributed by atoms with Crippen LogP contribution in [0.1, 0.15) is 0 Å². The van der Waals surface area contributed by atoms with E-state index < -0.39 is 0 Å². The molecule has 0 amide bonds. The Kier molecular flexibility index (Phi) is 3.09. The van der Waals surface area contributed by atoms with E-state index in [0.29, 0.717) is 15.9 Å². The van der Waals surface area contributed by atoms with Crippen LogP contribution in [-0.2, 0) is 14.1 Å². The Balaban J connectivity index is 0.00000112. The Morgan fingerprint density at radius 3 is 2.60 bits per heavy atom. The van der Waals surface area contributed by atoms with Crippen LogP contribution in [0.2, 0.25) is 0 Å². The molecule has 2 aromatic rings. The van der Waals surface area contributed by atoms with Gasteiger partial charge in [-0.05, 0) is 12.2 Å². The molecule has 0 saturated heterocycles. The van der Waals surface area contributed by atoms with Gasteiger partial charge in [0.1, 0.15) is 5.52 Å². The van der Waals surface area contributed by atoms with Crippen LogP contribution in [-0.4, -0.2) is 19.1 Å². The van der Waals surface area contributed by atoms with E-state index >= 15 is 0 Å². The van der Waals surface area contributed by atoms with Crippen LogP contribution in [0.4, 0.5) is 5.95 Å². The first-order valence-corrected chi connectivity index (χ1v) is 4.30. The molecule has 0 aliphatic rings. The van der Waals surface area contributed by atoms with Gasteiger partial charge in [-0.2, -0.15) is 0 Å². The van der Waals surface area contributed by atoms with Crippen LogP contribution >= 0.6 is 12.2 Å². The van der Waals surface area contributed by atoms with Gasteiger partial charge >= 0.3 is 18.9 Å². The molecule has 0 unspecified atom stereocenters. The fourth-order valence-corrected chi connectivity index (χ4v) is 1.58. The van der Waals surface area contributed by atoms with E-state index in [2.05, 4.69) is 9.97 Å². The van der Waals surface area contributed by atoms with Gasteiger partial charge in [-0.3, -0.25) is 4.79 Å². The molecule has 0 spiro atoms. The summed E-state index contributed by atoms with van der Waals surface area (Å²) in [5.41, 5.74) is 7.77. The molecule has 2 aromatic heterocycles. The van der Waals surface area contributed by atoms with Crippen LogP contribution in [0.3, 0.4) is 0 Å². The summed E-state index contributed by atoms with van der Waals surface area (Å²) in [4.78, 5) is 17.7. The van der Waals surface area contributed by atoms with Gasteiger partial charge < -0.3 is 24.8 Å². The van der Waals surface area contributed by atoms with Gasteiger partial charge in [0.15, 0.2) is 4.77 Å². The molecular weight excluding hydrogens is 209 g/mol. The number of hydrogen-bond donors (Lipinski definition) is 1. The third-order valence-electron chi connectivity index (χ3n) is 2.10. The van der Waals surface area contributed by atoms with Gasteiger partial charge in [0.05, 0.1) is 5.65 Å². The van der Waals surface area contributed by atoms with E-state index in [1.165, 1.54) is 0 Å². The third kappa shape index (κ3) is 1.63. The third-order valence-corrected chi connectivity index (χ3v) is 2.65. The number of aromatic nitrogens is 4. The van der Waals surface area contributed by atoms with Crippen molar-refractivity contribution >= 4 is 29.3 Å². The summed E-state index contributed by atoms with van der Waals surface area (Å²) in [6, 6.07) is 0. The Bertz CT molecular complexity index is 625. The number of nitrogens with one attached hydrogen (secondary N) is 2. The summed E-state index contributed by atoms with van der Waals surface area (Å²) >= 11 is 5.07. The zero-order valence-electron chi connectivity index (χ0n) is 8.66. The number of fused-ring (bicyclic) bond motifs is 1. The molecule has 2 N–H and O–H groups in total. The maximum atomic E-state index is 11.5. The zero-order valence-corrected chi connectivity index (χ0v) is 9.47. The van der Waals surface area contributed by atoms with Gasteiger partial charge in [0, 0.05) is 20.0 Å². The van der Waals surface area contributed by atoms with Crippen molar-refractivity contribution < 1.29 is 18.9 Å². The second-order valence-electron chi connectivity index (χ2n) is 2.99. The van der Waals surface area contributed by atoms with Gasteiger partial charge in [-0.1, -0.05) is 0 Å². The summed E-state index contributed by atoms with van der Waals surface area (Å²) in [5.74, 6) is -0.154. The summed E-state index contributed by atoms with van der Waals surface area (Å²) in [6.07, 6.45) is 0. The summed E-state index contributed by atoms with van der Waals surface area (Å²) < 4.78 is 3.69. The van der Waals surface area contributed by atoms with Crippen molar-refractivity contribution in [2.45, 2.75) is 0 Å². The normalized spacial score (nSPS) is 10.3. The fraction of sp³-hybridized carbons (Fsp3) is 0.286. The largest absolute Gasteiger partial charge is 1.00 e. The van der Waals surface area contributed by atoms with Crippen LogP contribution in [0.15, 0.2) is 4.79 Å². The second kappa shape index (κ2) is 3.85. The summed E-state index contributed by atoms with van der Waals surface area (Å²) in [5, 5.41) is 0. The monoisotopic (exact) mass is 217 g/mol. The molecule has 0 fully saturated rings. The molecule has 2 rings (SSSR count). The van der Waals surface area contributed by atoms with E-state index in [1.807, 2.05) is 0 Å². The predicted molar refractivity (Wildman–Crippen MR) is 55.1 cm³/mol. The maximum absolute atomic E-state index is 11.5. The van der Waals surface area contributed by atoms with Crippen molar-refractivity contribution in [3.05, 3.63) is 20.9 Å². The van der Waals surface area contributed by atoms with Crippen LogP contribution in [0.5, 0.6) is 0 Å². The van der Waals surface area contributed by atoms with Crippen molar-refractivity contribution in [1.29, 1.82) is 0 Å². The molecule has 0 aliphatic carbocycles. The van der Waals surface area contributed by atoms with Crippen LogP contribution in [0.25, 0.3) is 16.9 Å². The average molecular weight is 217 g/mol. The molecule has 0 saturated carbocycles. The smallest absolute Gasteiger partial charge is 0.411 e. The molecule has 8 heteroatoms. The molecule has 0 radical (unpaired) electrons. The predicted octanol–water partition coefficient (Wildman–Crippen LogP) is -1.98. The Labute approximate surface area is 102 Å². The van der Waals surface area contributed by atoms with Crippen molar-refractivity contribution in [3.8, 4) is 0 Å². The van der Waals surface area contributed by atoms with Gasteiger partial charge in [-0.25, -0.2) is 0 Å². The number of H-pyrrole nitrogens is 1. The first-order valence-electron chi connectivity index (χ1n) is 3.89. The molecule has 0 atom stereocenters. The number of aromatic amines is 1. The number of rotatable bonds is 0. The topological polar surface area (TPSA) is 79.4 Å². The minimum Gasteiger partial charge on any atom is -0.411 e. The number of aryl methyl sites for hydroxylation is 2. The summed E-state index contributed by atoms with van der Waals surface area (Å²) in [6.45, 7) is 0. The zero-order chi connectivity index (χ0) is 10.5. The van der Waals surface area contributed by atoms with Gasteiger partial charge in [-0.15, -0.1) is 0 Å². The molecule has 0 aliphatic heterocycles. The number of hydrogen-bond acceptors (Lipinski definition) is 3. The van der Waals surface area contributed by atoms with Crippen molar-refractivity contribution in [2.24, 2.45) is 14.1 Å². The molecule has 74 valence electrons. The van der Waals surface area contributed by atoms with Gasteiger partial charge in [0.25, 0.3) is 0 Å². The SMILES string of the molecule is Cn1c(=S)n(C)c2c(=O)[nH]c([NH-])nc21.[Li+]. The van der Waals surface area contributed by atoms with Crippen molar-refractivity contribution in [3.63, 3.8) is 0 Å². The summed E-state index contributed by atoms with van der Waals surface area (Å²) in [7, 11) is 3.42. The van der Waals surface area contributed by atoms with Gasteiger partial charge in [0.2, 0.25) is 5.56 Å². The van der Waals surface area contributed by atoms with Crippen LogP contribution in [0, 0.1) is 4.77 Å². The molecule has 0 aromatic carbocycles. The number of nitrogens with zero attached hydrogens (tertiary/aromatic N) is 3. The van der Waals surface area contributed by atoms with E-state index in [4.69, 9.17) is 18.0 Å². The quantitative estimate of drug-likeness (QED) is 0.410. The molecule has 2 heterocycles. The molecule has 15 heavy (non-hydrogen) atoms. The van der Waals surface area contributed by atoms with E-state index in [0.717, 1.165) is 0 Å².